The molecule has 1 aromatic heterocycles. The summed E-state index contributed by atoms with van der Waals surface area (Å²) in [5, 5.41) is 14.1. The highest BCUT2D eigenvalue weighted by Crippen LogP contribution is 2.27. The van der Waals surface area contributed by atoms with Crippen molar-refractivity contribution in [1.82, 2.24) is 9.78 Å². The van der Waals surface area contributed by atoms with Gasteiger partial charge in [0.2, 0.25) is 5.91 Å². The number of nitrogens with zero attached hydrogens (tertiary/aromatic N) is 3. The summed E-state index contributed by atoms with van der Waals surface area (Å²) in [6, 6.07) is 15.9. The van der Waals surface area contributed by atoms with Gasteiger partial charge in [0, 0.05) is 17.1 Å². The first kappa shape index (κ1) is 19.8. The number of carboxylic acids is 1. The number of fused-ring (bicyclic) bond motifs is 1. The minimum absolute atomic E-state index is 0.0590. The van der Waals surface area contributed by atoms with Crippen LogP contribution in [0.5, 0.6) is 0 Å². The average molecular weight is 405 g/mol. The molecule has 1 aliphatic carbocycles. The van der Waals surface area contributed by atoms with Gasteiger partial charge in [-0.15, -0.1) is 0 Å². The molecule has 154 valence electrons. The first-order valence-electron chi connectivity index (χ1n) is 10.2. The second kappa shape index (κ2) is 8.49. The van der Waals surface area contributed by atoms with E-state index in [1.807, 2.05) is 30.3 Å². The van der Waals surface area contributed by atoms with Gasteiger partial charge in [0.15, 0.2) is 5.69 Å². The molecule has 1 amide bonds. The van der Waals surface area contributed by atoms with Crippen LogP contribution in [0.3, 0.4) is 0 Å². The standard InChI is InChI=1S/C23H23N3O4/c27-20(26(16-9-3-1-4-10-16)17-11-5-2-6-12-17)15-25-22(28)19-14-8-7-13-18(19)21(24-25)23(29)30/h1,3-4,7-10,13-14,17H,2,5-6,11-12,15H2,(H,29,30). The van der Waals surface area contributed by atoms with Gasteiger partial charge in [0.1, 0.15) is 6.54 Å². The number of aromatic nitrogens is 2. The van der Waals surface area contributed by atoms with Crippen LogP contribution in [0.1, 0.15) is 42.6 Å². The molecule has 2 aromatic carbocycles. The zero-order chi connectivity index (χ0) is 21.1. The Morgan fingerprint density at radius 2 is 1.60 bits per heavy atom. The van der Waals surface area contributed by atoms with Crippen molar-refractivity contribution in [2.75, 3.05) is 4.90 Å². The molecule has 3 aromatic rings. The van der Waals surface area contributed by atoms with E-state index in [2.05, 4.69) is 5.10 Å². The van der Waals surface area contributed by atoms with E-state index in [0.717, 1.165) is 42.5 Å². The summed E-state index contributed by atoms with van der Waals surface area (Å²) in [5.74, 6) is -1.51. The van der Waals surface area contributed by atoms with Crippen molar-refractivity contribution in [3.8, 4) is 0 Å². The Labute approximate surface area is 173 Å². The van der Waals surface area contributed by atoms with Crippen LogP contribution in [-0.2, 0) is 11.3 Å². The lowest BCUT2D eigenvalue weighted by atomic mass is 9.93. The fourth-order valence-electron chi connectivity index (χ4n) is 4.19. The summed E-state index contributed by atoms with van der Waals surface area (Å²) in [4.78, 5) is 39.7. The van der Waals surface area contributed by atoms with Crippen LogP contribution in [-0.4, -0.2) is 32.8 Å². The van der Waals surface area contributed by atoms with Crippen molar-refractivity contribution in [2.45, 2.75) is 44.7 Å². The van der Waals surface area contributed by atoms with Gasteiger partial charge in [-0.25, -0.2) is 9.48 Å². The summed E-state index contributed by atoms with van der Waals surface area (Å²) >= 11 is 0. The number of amides is 1. The Kier molecular flexibility index (Phi) is 5.61. The highest BCUT2D eigenvalue weighted by atomic mass is 16.4. The van der Waals surface area contributed by atoms with Gasteiger partial charge in [-0.05, 0) is 31.0 Å². The number of para-hydroxylation sites is 1. The SMILES string of the molecule is O=C(O)c1nn(CC(=O)N(c2ccccc2)C2CCCCC2)c(=O)c2ccccc12. The van der Waals surface area contributed by atoms with Crippen LogP contribution in [0.15, 0.2) is 59.4 Å². The van der Waals surface area contributed by atoms with Crippen LogP contribution in [0.2, 0.25) is 0 Å². The van der Waals surface area contributed by atoms with Crippen molar-refractivity contribution in [1.29, 1.82) is 0 Å². The minimum Gasteiger partial charge on any atom is -0.476 e. The van der Waals surface area contributed by atoms with E-state index < -0.39 is 11.5 Å². The van der Waals surface area contributed by atoms with Gasteiger partial charge in [-0.3, -0.25) is 9.59 Å². The summed E-state index contributed by atoms with van der Waals surface area (Å²) in [6.45, 7) is -0.310. The lowest BCUT2D eigenvalue weighted by molar-refractivity contribution is -0.120. The number of aromatic carboxylic acids is 1. The zero-order valence-corrected chi connectivity index (χ0v) is 16.5. The fraction of sp³-hybridized carbons (Fsp3) is 0.304. The number of rotatable bonds is 5. The Bertz CT molecular complexity index is 1130. The topological polar surface area (TPSA) is 92.5 Å². The molecule has 4 rings (SSSR count). The highest BCUT2D eigenvalue weighted by molar-refractivity contribution is 6.01. The molecule has 0 spiro atoms. The number of carboxylic acid groups (broad SMARTS) is 1. The maximum Gasteiger partial charge on any atom is 0.357 e. The molecule has 0 atom stereocenters. The molecule has 0 unspecified atom stereocenters. The molecule has 7 nitrogen and oxygen atoms in total. The first-order chi connectivity index (χ1) is 14.6. The third-order valence-corrected chi connectivity index (χ3v) is 5.60. The second-order valence-corrected chi connectivity index (χ2v) is 7.55. The van der Waals surface area contributed by atoms with Gasteiger partial charge >= 0.3 is 5.97 Å². The van der Waals surface area contributed by atoms with Crippen LogP contribution < -0.4 is 10.5 Å². The predicted octanol–water partition coefficient (Wildman–Crippen LogP) is 3.46. The smallest absolute Gasteiger partial charge is 0.357 e. The van der Waals surface area contributed by atoms with E-state index in [1.54, 1.807) is 29.2 Å². The quantitative estimate of drug-likeness (QED) is 0.702. The number of hydrogen-bond donors (Lipinski definition) is 1. The number of benzene rings is 2. The molecule has 0 saturated heterocycles. The largest absolute Gasteiger partial charge is 0.476 e. The van der Waals surface area contributed by atoms with E-state index in [4.69, 9.17) is 0 Å². The number of anilines is 1. The van der Waals surface area contributed by atoms with Crippen molar-refractivity contribution in [3.63, 3.8) is 0 Å². The Balaban J connectivity index is 1.74. The molecule has 1 heterocycles. The maximum atomic E-state index is 13.4. The minimum atomic E-state index is -1.24. The Hall–Kier alpha value is -3.48. The molecule has 1 fully saturated rings. The third kappa shape index (κ3) is 3.83. The molecule has 7 heteroatoms. The monoisotopic (exact) mass is 405 g/mol. The first-order valence-corrected chi connectivity index (χ1v) is 10.2. The Morgan fingerprint density at radius 3 is 2.27 bits per heavy atom. The predicted molar refractivity (Wildman–Crippen MR) is 114 cm³/mol. The van der Waals surface area contributed by atoms with Crippen molar-refractivity contribution in [2.24, 2.45) is 0 Å². The lowest BCUT2D eigenvalue weighted by Gasteiger charge is -2.34. The van der Waals surface area contributed by atoms with Crippen molar-refractivity contribution in [3.05, 3.63) is 70.6 Å². The molecule has 0 bridgehead atoms. The molecule has 1 N–H and O–H groups in total. The maximum absolute atomic E-state index is 13.4. The molecular formula is C23H23N3O4. The molecule has 30 heavy (non-hydrogen) atoms. The van der Waals surface area contributed by atoms with Gasteiger partial charge in [-0.1, -0.05) is 55.7 Å². The Morgan fingerprint density at radius 1 is 0.967 bits per heavy atom. The highest BCUT2D eigenvalue weighted by Gasteiger charge is 2.28. The normalized spacial score (nSPS) is 14.5. The molecule has 0 aliphatic heterocycles. The van der Waals surface area contributed by atoms with Crippen LogP contribution >= 0.6 is 0 Å². The van der Waals surface area contributed by atoms with Crippen LogP contribution in [0.25, 0.3) is 10.8 Å². The van der Waals surface area contributed by atoms with Gasteiger partial charge in [0.05, 0.1) is 5.39 Å². The third-order valence-electron chi connectivity index (χ3n) is 5.60. The van der Waals surface area contributed by atoms with E-state index in [0.29, 0.717) is 0 Å². The van der Waals surface area contributed by atoms with Gasteiger partial charge < -0.3 is 10.0 Å². The lowest BCUT2D eigenvalue weighted by Crippen LogP contribution is -2.45. The summed E-state index contributed by atoms with van der Waals surface area (Å²) in [6.07, 6.45) is 5.07. The van der Waals surface area contributed by atoms with Crippen molar-refractivity contribution >= 4 is 28.3 Å². The van der Waals surface area contributed by atoms with Crippen LogP contribution in [0.4, 0.5) is 5.69 Å². The summed E-state index contributed by atoms with van der Waals surface area (Å²) in [7, 11) is 0. The molecule has 1 aliphatic rings. The second-order valence-electron chi connectivity index (χ2n) is 7.55. The summed E-state index contributed by atoms with van der Waals surface area (Å²) < 4.78 is 0.979. The fourth-order valence-corrected chi connectivity index (χ4v) is 4.19. The molecule has 0 radical (unpaired) electrons. The number of carbonyl (C=O) groups excluding carboxylic acids is 1. The molecule has 1 saturated carbocycles. The number of hydrogen-bond acceptors (Lipinski definition) is 4. The van der Waals surface area contributed by atoms with E-state index >= 15 is 0 Å². The molecular weight excluding hydrogens is 382 g/mol. The average Bonchev–Trinajstić information content (AvgIpc) is 2.77. The van der Waals surface area contributed by atoms with E-state index in [9.17, 15) is 19.5 Å². The van der Waals surface area contributed by atoms with Crippen molar-refractivity contribution < 1.29 is 14.7 Å². The van der Waals surface area contributed by atoms with Crippen LogP contribution in [0, 0.1) is 0 Å². The van der Waals surface area contributed by atoms with Gasteiger partial charge in [0.25, 0.3) is 5.56 Å². The zero-order valence-electron chi connectivity index (χ0n) is 16.5. The number of carbonyl (C=O) groups is 2. The summed E-state index contributed by atoms with van der Waals surface area (Å²) in [5.41, 5.74) is 0.0734. The van der Waals surface area contributed by atoms with E-state index in [1.165, 1.54) is 0 Å². The van der Waals surface area contributed by atoms with Gasteiger partial charge in [-0.2, -0.15) is 5.10 Å². The van der Waals surface area contributed by atoms with E-state index in [-0.39, 0.29) is 35.0 Å².